The highest BCUT2D eigenvalue weighted by Crippen LogP contribution is 2.16. The fraction of sp³-hybridized carbons (Fsp3) is 0.600. The molecule has 15 heavy (non-hydrogen) atoms. The van der Waals surface area contributed by atoms with Gasteiger partial charge in [0.1, 0.15) is 5.69 Å². The van der Waals surface area contributed by atoms with Gasteiger partial charge in [0.25, 0.3) is 5.56 Å². The largest absolute Gasteiger partial charge is 0.368 e. The van der Waals surface area contributed by atoms with E-state index in [4.69, 9.17) is 0 Å². The second kappa shape index (κ2) is 5.38. The molecule has 1 aromatic rings. The Kier molecular flexibility index (Phi) is 4.15. The Labute approximate surface area is 89.5 Å². The number of nitrogens with one attached hydrogen (secondary N) is 2. The van der Waals surface area contributed by atoms with Crippen LogP contribution in [0.3, 0.4) is 0 Å². The molecule has 2 N–H and O–H groups in total. The molecule has 0 aliphatic carbocycles. The monoisotopic (exact) mass is 210 g/mol. The summed E-state index contributed by atoms with van der Waals surface area (Å²) in [5.74, 6) is 0.657. The molecular weight excluding hydrogens is 192 g/mol. The summed E-state index contributed by atoms with van der Waals surface area (Å²) < 4.78 is 0. The first kappa shape index (κ1) is 11.6. The van der Waals surface area contributed by atoms with E-state index in [0.717, 1.165) is 19.6 Å². The van der Waals surface area contributed by atoms with Gasteiger partial charge in [-0.25, -0.2) is 4.98 Å². The van der Waals surface area contributed by atoms with Gasteiger partial charge in [0, 0.05) is 19.6 Å². The second-order valence-electron chi connectivity index (χ2n) is 3.13. The molecule has 0 fully saturated rings. The summed E-state index contributed by atoms with van der Waals surface area (Å²) in [5, 5.41) is 3.09. The van der Waals surface area contributed by atoms with Crippen LogP contribution >= 0.6 is 0 Å². The predicted molar refractivity (Wildman–Crippen MR) is 62.6 cm³/mol. The lowest BCUT2D eigenvalue weighted by atomic mass is 10.3. The van der Waals surface area contributed by atoms with Gasteiger partial charge in [-0.15, -0.1) is 0 Å². The number of anilines is 2. The highest BCUT2D eigenvalue weighted by atomic mass is 16.1. The summed E-state index contributed by atoms with van der Waals surface area (Å²) in [6.07, 6.45) is 1.42. The Morgan fingerprint density at radius 2 is 2.07 bits per heavy atom. The first-order chi connectivity index (χ1) is 7.24. The molecule has 5 heteroatoms. The van der Waals surface area contributed by atoms with Crippen LogP contribution < -0.4 is 15.8 Å². The van der Waals surface area contributed by atoms with Crippen molar-refractivity contribution in [1.29, 1.82) is 0 Å². The third-order valence-electron chi connectivity index (χ3n) is 2.25. The molecule has 0 aromatic carbocycles. The van der Waals surface area contributed by atoms with Crippen molar-refractivity contribution in [3.05, 3.63) is 16.7 Å². The van der Waals surface area contributed by atoms with Crippen LogP contribution in [-0.2, 0) is 0 Å². The number of aromatic nitrogens is 2. The van der Waals surface area contributed by atoms with Crippen LogP contribution in [0.1, 0.15) is 20.8 Å². The molecule has 1 aromatic heterocycles. The number of aromatic amines is 1. The zero-order valence-corrected chi connectivity index (χ0v) is 9.50. The normalized spacial score (nSPS) is 10.1. The number of hydrogen-bond donors (Lipinski definition) is 2. The maximum Gasteiger partial charge on any atom is 0.276 e. The van der Waals surface area contributed by atoms with Crippen molar-refractivity contribution in [2.75, 3.05) is 29.9 Å². The molecule has 0 bridgehead atoms. The molecule has 5 nitrogen and oxygen atoms in total. The van der Waals surface area contributed by atoms with E-state index >= 15 is 0 Å². The maximum atomic E-state index is 11.7. The lowest BCUT2D eigenvalue weighted by Crippen LogP contribution is -2.30. The number of rotatable bonds is 5. The summed E-state index contributed by atoms with van der Waals surface area (Å²) in [5.41, 5.74) is 0.536. The molecule has 1 heterocycles. The molecule has 0 unspecified atom stereocenters. The van der Waals surface area contributed by atoms with Gasteiger partial charge in [-0.05, 0) is 20.8 Å². The van der Waals surface area contributed by atoms with Crippen molar-refractivity contribution in [3.8, 4) is 0 Å². The minimum Gasteiger partial charge on any atom is -0.368 e. The molecule has 84 valence electrons. The van der Waals surface area contributed by atoms with E-state index < -0.39 is 0 Å². The standard InChI is InChI=1S/C10H18N4O/c1-4-11-9-8(14(5-2)6-3)10(15)13-7-12-9/h7H,4-6H2,1-3H3,(H2,11,12,13,15). The van der Waals surface area contributed by atoms with Crippen molar-refractivity contribution < 1.29 is 0 Å². The average Bonchev–Trinajstić information content (AvgIpc) is 2.24. The fourth-order valence-corrected chi connectivity index (χ4v) is 1.52. The van der Waals surface area contributed by atoms with E-state index in [2.05, 4.69) is 15.3 Å². The Balaban J connectivity index is 3.16. The third kappa shape index (κ3) is 2.49. The molecule has 0 aliphatic heterocycles. The molecule has 0 saturated heterocycles. The summed E-state index contributed by atoms with van der Waals surface area (Å²) in [4.78, 5) is 20.4. The van der Waals surface area contributed by atoms with Crippen LogP contribution in [-0.4, -0.2) is 29.6 Å². The van der Waals surface area contributed by atoms with Gasteiger partial charge in [-0.2, -0.15) is 0 Å². The zero-order chi connectivity index (χ0) is 11.3. The van der Waals surface area contributed by atoms with Gasteiger partial charge in [-0.1, -0.05) is 0 Å². The van der Waals surface area contributed by atoms with E-state index in [0.29, 0.717) is 11.5 Å². The maximum absolute atomic E-state index is 11.7. The highest BCUT2D eigenvalue weighted by molar-refractivity contribution is 5.64. The second-order valence-corrected chi connectivity index (χ2v) is 3.13. The molecule has 0 spiro atoms. The Morgan fingerprint density at radius 1 is 1.40 bits per heavy atom. The van der Waals surface area contributed by atoms with Crippen molar-refractivity contribution in [3.63, 3.8) is 0 Å². The first-order valence-corrected chi connectivity index (χ1v) is 5.31. The van der Waals surface area contributed by atoms with E-state index in [1.54, 1.807) is 0 Å². The van der Waals surface area contributed by atoms with Crippen LogP contribution in [0.4, 0.5) is 11.5 Å². The van der Waals surface area contributed by atoms with E-state index in [9.17, 15) is 4.79 Å². The quantitative estimate of drug-likeness (QED) is 0.762. The SMILES string of the molecule is CCNc1nc[nH]c(=O)c1N(CC)CC. The number of nitrogens with zero attached hydrogens (tertiary/aromatic N) is 2. The lowest BCUT2D eigenvalue weighted by molar-refractivity contribution is 0.848. The molecule has 0 aliphatic rings. The number of H-pyrrole nitrogens is 1. The Morgan fingerprint density at radius 3 is 2.60 bits per heavy atom. The van der Waals surface area contributed by atoms with Crippen molar-refractivity contribution in [2.45, 2.75) is 20.8 Å². The van der Waals surface area contributed by atoms with E-state index in [1.807, 2.05) is 25.7 Å². The predicted octanol–water partition coefficient (Wildman–Crippen LogP) is 1.05. The summed E-state index contributed by atoms with van der Waals surface area (Å²) in [6, 6.07) is 0. The average molecular weight is 210 g/mol. The smallest absolute Gasteiger partial charge is 0.276 e. The minimum absolute atomic E-state index is 0.0929. The fourth-order valence-electron chi connectivity index (χ4n) is 1.52. The van der Waals surface area contributed by atoms with Gasteiger partial charge in [0.05, 0.1) is 6.33 Å². The van der Waals surface area contributed by atoms with E-state index in [-0.39, 0.29) is 5.56 Å². The number of hydrogen-bond acceptors (Lipinski definition) is 4. The van der Waals surface area contributed by atoms with Crippen LogP contribution in [0, 0.1) is 0 Å². The van der Waals surface area contributed by atoms with Gasteiger partial charge >= 0.3 is 0 Å². The van der Waals surface area contributed by atoms with Crippen molar-refractivity contribution in [2.24, 2.45) is 0 Å². The topological polar surface area (TPSA) is 61.0 Å². The Bertz CT molecular complexity index is 357. The van der Waals surface area contributed by atoms with Crippen LogP contribution in [0.25, 0.3) is 0 Å². The molecular formula is C10H18N4O. The van der Waals surface area contributed by atoms with Crippen molar-refractivity contribution >= 4 is 11.5 Å². The summed E-state index contributed by atoms with van der Waals surface area (Å²) >= 11 is 0. The zero-order valence-electron chi connectivity index (χ0n) is 9.50. The van der Waals surface area contributed by atoms with Gasteiger partial charge in [0.2, 0.25) is 0 Å². The van der Waals surface area contributed by atoms with Crippen LogP contribution in [0.5, 0.6) is 0 Å². The highest BCUT2D eigenvalue weighted by Gasteiger charge is 2.12. The summed E-state index contributed by atoms with van der Waals surface area (Å²) in [7, 11) is 0. The van der Waals surface area contributed by atoms with Crippen LogP contribution in [0.2, 0.25) is 0 Å². The van der Waals surface area contributed by atoms with Crippen molar-refractivity contribution in [1.82, 2.24) is 9.97 Å². The van der Waals surface area contributed by atoms with Crippen LogP contribution in [0.15, 0.2) is 11.1 Å². The van der Waals surface area contributed by atoms with Gasteiger partial charge in [-0.3, -0.25) is 4.79 Å². The summed E-state index contributed by atoms with van der Waals surface area (Å²) in [6.45, 7) is 8.37. The van der Waals surface area contributed by atoms with Gasteiger partial charge in [0.15, 0.2) is 5.82 Å². The first-order valence-electron chi connectivity index (χ1n) is 5.31. The minimum atomic E-state index is -0.0929. The molecule has 0 amide bonds. The molecule has 0 atom stereocenters. The lowest BCUT2D eigenvalue weighted by Gasteiger charge is -2.21. The Hall–Kier alpha value is -1.52. The molecule has 0 saturated carbocycles. The molecule has 1 rings (SSSR count). The van der Waals surface area contributed by atoms with E-state index in [1.165, 1.54) is 6.33 Å². The molecule has 0 radical (unpaired) electrons. The third-order valence-corrected chi connectivity index (χ3v) is 2.25. The van der Waals surface area contributed by atoms with Gasteiger partial charge < -0.3 is 15.2 Å².